The van der Waals surface area contributed by atoms with Crippen molar-refractivity contribution in [3.63, 3.8) is 0 Å². The average molecular weight is 312 g/mol. The number of hydrogen-bond acceptors (Lipinski definition) is 2. The fourth-order valence-electron chi connectivity index (χ4n) is 1.16. The lowest BCUT2D eigenvalue weighted by Gasteiger charge is -2.07. The van der Waals surface area contributed by atoms with Gasteiger partial charge in [0.25, 0.3) is 0 Å². The molecular weight excluding hydrogens is 303 g/mol. The van der Waals surface area contributed by atoms with E-state index in [-0.39, 0.29) is 12.4 Å². The molecule has 15 heavy (non-hydrogen) atoms. The number of methoxy groups -OCH3 is 1. The minimum absolute atomic E-state index is 0.135. The van der Waals surface area contributed by atoms with E-state index in [4.69, 9.17) is 23.2 Å². The van der Waals surface area contributed by atoms with Gasteiger partial charge in [-0.1, -0.05) is 39.1 Å². The molecule has 0 radical (unpaired) electrons. The third kappa shape index (κ3) is 3.37. The molecule has 82 valence electrons. The Bertz CT molecular complexity index is 380. The Morgan fingerprint density at radius 3 is 2.53 bits per heavy atom. The van der Waals surface area contributed by atoms with E-state index in [0.29, 0.717) is 20.9 Å². The van der Waals surface area contributed by atoms with Crippen LogP contribution in [0.2, 0.25) is 10.0 Å². The van der Waals surface area contributed by atoms with Crippen LogP contribution in [0.3, 0.4) is 0 Å². The molecule has 1 aromatic carbocycles. The Labute approximate surface area is 107 Å². The summed E-state index contributed by atoms with van der Waals surface area (Å²) in [5.41, 5.74) is 1.55. The fourth-order valence-corrected chi connectivity index (χ4v) is 2.27. The summed E-state index contributed by atoms with van der Waals surface area (Å²) in [5, 5.41) is 1.72. The molecule has 0 aliphatic carbocycles. The molecule has 0 atom stereocenters. The van der Waals surface area contributed by atoms with Crippen molar-refractivity contribution in [1.29, 1.82) is 0 Å². The van der Waals surface area contributed by atoms with Gasteiger partial charge in [-0.15, -0.1) is 0 Å². The molecular formula is C10H9BrCl2O2. The second-order valence-corrected chi connectivity index (χ2v) is 4.30. The van der Waals surface area contributed by atoms with E-state index >= 15 is 0 Å². The van der Waals surface area contributed by atoms with E-state index in [0.717, 1.165) is 5.56 Å². The van der Waals surface area contributed by atoms with Crippen LogP contribution in [0.25, 0.3) is 0 Å². The number of ether oxygens (including phenoxy) is 1. The summed E-state index contributed by atoms with van der Waals surface area (Å²) in [6, 6.07) is 3.44. The minimum Gasteiger partial charge on any atom is -0.469 e. The van der Waals surface area contributed by atoms with Crippen molar-refractivity contribution < 1.29 is 9.53 Å². The smallest absolute Gasteiger partial charge is 0.310 e. The lowest BCUT2D eigenvalue weighted by atomic mass is 10.1. The van der Waals surface area contributed by atoms with Gasteiger partial charge in [-0.25, -0.2) is 0 Å². The van der Waals surface area contributed by atoms with Crippen molar-refractivity contribution in [2.45, 2.75) is 11.8 Å². The van der Waals surface area contributed by atoms with Gasteiger partial charge in [0.2, 0.25) is 0 Å². The molecule has 0 bridgehead atoms. The van der Waals surface area contributed by atoms with Crippen molar-refractivity contribution in [2.75, 3.05) is 7.11 Å². The van der Waals surface area contributed by atoms with E-state index < -0.39 is 0 Å². The van der Waals surface area contributed by atoms with E-state index in [9.17, 15) is 4.79 Å². The first-order valence-corrected chi connectivity index (χ1v) is 6.05. The molecule has 0 aliphatic heterocycles. The van der Waals surface area contributed by atoms with Gasteiger partial charge in [0.15, 0.2) is 0 Å². The SMILES string of the molecule is COC(=O)Cc1cc(Cl)cc(CBr)c1Cl. The van der Waals surface area contributed by atoms with Crippen molar-refractivity contribution >= 4 is 45.1 Å². The number of hydrogen-bond donors (Lipinski definition) is 0. The molecule has 0 heterocycles. The van der Waals surface area contributed by atoms with Crippen LogP contribution in [-0.2, 0) is 21.3 Å². The maximum atomic E-state index is 11.1. The van der Waals surface area contributed by atoms with Crippen LogP contribution < -0.4 is 0 Å². The van der Waals surface area contributed by atoms with Crippen molar-refractivity contribution in [2.24, 2.45) is 0 Å². The zero-order valence-corrected chi connectivity index (χ0v) is 11.1. The summed E-state index contributed by atoms with van der Waals surface area (Å²) in [6.07, 6.45) is 0.135. The second kappa shape index (κ2) is 5.73. The summed E-state index contributed by atoms with van der Waals surface area (Å²) in [6.45, 7) is 0. The maximum Gasteiger partial charge on any atom is 0.310 e. The number of esters is 1. The third-order valence-electron chi connectivity index (χ3n) is 1.89. The topological polar surface area (TPSA) is 26.3 Å². The first-order valence-electron chi connectivity index (χ1n) is 4.18. The van der Waals surface area contributed by atoms with Crippen LogP contribution >= 0.6 is 39.1 Å². The molecule has 1 rings (SSSR count). The molecule has 0 N–H and O–H groups in total. The van der Waals surface area contributed by atoms with Crippen molar-refractivity contribution in [3.05, 3.63) is 33.3 Å². The Hall–Kier alpha value is -0.250. The van der Waals surface area contributed by atoms with Crippen molar-refractivity contribution in [3.8, 4) is 0 Å². The highest BCUT2D eigenvalue weighted by atomic mass is 79.9. The van der Waals surface area contributed by atoms with Crippen LogP contribution in [0.1, 0.15) is 11.1 Å². The lowest BCUT2D eigenvalue weighted by molar-refractivity contribution is -0.139. The van der Waals surface area contributed by atoms with Gasteiger partial charge in [-0.2, -0.15) is 0 Å². The number of halogens is 3. The quantitative estimate of drug-likeness (QED) is 0.630. The van der Waals surface area contributed by atoms with Gasteiger partial charge >= 0.3 is 5.97 Å². The van der Waals surface area contributed by atoms with Crippen LogP contribution in [0.4, 0.5) is 0 Å². The van der Waals surface area contributed by atoms with E-state index in [2.05, 4.69) is 20.7 Å². The largest absolute Gasteiger partial charge is 0.469 e. The normalized spacial score (nSPS) is 10.1. The van der Waals surface area contributed by atoms with Gasteiger partial charge in [0.1, 0.15) is 0 Å². The summed E-state index contributed by atoms with van der Waals surface area (Å²) < 4.78 is 4.57. The van der Waals surface area contributed by atoms with Gasteiger partial charge in [0, 0.05) is 15.4 Å². The average Bonchev–Trinajstić information content (AvgIpc) is 2.22. The molecule has 1 aromatic rings. The van der Waals surface area contributed by atoms with Crippen LogP contribution in [0.15, 0.2) is 12.1 Å². The molecule has 0 unspecified atom stereocenters. The van der Waals surface area contributed by atoms with Gasteiger partial charge in [-0.05, 0) is 23.3 Å². The summed E-state index contributed by atoms with van der Waals surface area (Å²) in [4.78, 5) is 11.1. The van der Waals surface area contributed by atoms with Gasteiger partial charge in [0.05, 0.1) is 13.5 Å². The van der Waals surface area contributed by atoms with Gasteiger partial charge < -0.3 is 4.74 Å². The van der Waals surface area contributed by atoms with E-state index in [1.807, 2.05) is 0 Å². The lowest BCUT2D eigenvalue weighted by Crippen LogP contribution is -2.05. The molecule has 0 saturated heterocycles. The summed E-state index contributed by atoms with van der Waals surface area (Å²) in [7, 11) is 1.34. The molecule has 0 aliphatic rings. The van der Waals surface area contributed by atoms with Gasteiger partial charge in [-0.3, -0.25) is 4.79 Å². The third-order valence-corrected chi connectivity index (χ3v) is 3.20. The fraction of sp³-hybridized carbons (Fsp3) is 0.300. The zero-order valence-electron chi connectivity index (χ0n) is 8.02. The first-order chi connectivity index (χ1) is 7.08. The monoisotopic (exact) mass is 310 g/mol. The molecule has 0 saturated carbocycles. The Morgan fingerprint density at radius 2 is 2.00 bits per heavy atom. The predicted molar refractivity (Wildman–Crippen MR) is 64.8 cm³/mol. The molecule has 0 spiro atoms. The van der Waals surface area contributed by atoms with E-state index in [1.54, 1.807) is 12.1 Å². The first kappa shape index (κ1) is 12.8. The Balaban J connectivity index is 3.06. The highest BCUT2D eigenvalue weighted by Gasteiger charge is 2.11. The number of benzene rings is 1. The number of rotatable bonds is 3. The second-order valence-electron chi connectivity index (χ2n) is 2.92. The molecule has 0 aromatic heterocycles. The molecule has 5 heteroatoms. The highest BCUT2D eigenvalue weighted by Crippen LogP contribution is 2.28. The number of carbonyl (C=O) groups is 1. The van der Waals surface area contributed by atoms with Crippen LogP contribution in [0.5, 0.6) is 0 Å². The molecule has 2 nitrogen and oxygen atoms in total. The molecule has 0 amide bonds. The Morgan fingerprint density at radius 1 is 1.40 bits per heavy atom. The van der Waals surface area contributed by atoms with Crippen molar-refractivity contribution in [1.82, 2.24) is 0 Å². The maximum absolute atomic E-state index is 11.1. The zero-order chi connectivity index (χ0) is 11.4. The van der Waals surface area contributed by atoms with Crippen LogP contribution in [0, 0.1) is 0 Å². The highest BCUT2D eigenvalue weighted by molar-refractivity contribution is 9.08. The standard InChI is InChI=1S/C10H9BrCl2O2/c1-15-9(14)4-6-2-8(12)3-7(5-11)10(6)13/h2-3H,4-5H2,1H3. The van der Waals surface area contributed by atoms with Crippen LogP contribution in [-0.4, -0.2) is 13.1 Å². The number of carbonyl (C=O) groups excluding carboxylic acids is 1. The summed E-state index contributed by atoms with van der Waals surface area (Å²) in [5.74, 6) is -0.334. The summed E-state index contributed by atoms with van der Waals surface area (Å²) >= 11 is 15.3. The predicted octanol–water partition coefficient (Wildman–Crippen LogP) is 3.60. The minimum atomic E-state index is -0.334. The Kier molecular flexibility index (Phi) is 4.90. The van der Waals surface area contributed by atoms with E-state index in [1.165, 1.54) is 7.11 Å². The number of alkyl halides is 1. The molecule has 0 fully saturated rings.